The minimum absolute atomic E-state index is 0. The molecule has 4 aromatic rings. The van der Waals surface area contributed by atoms with Crippen molar-refractivity contribution in [3.05, 3.63) is 84.9 Å². The van der Waals surface area contributed by atoms with Crippen molar-refractivity contribution in [2.24, 2.45) is 0 Å². The predicted molar refractivity (Wildman–Crippen MR) is 96.6 cm³/mol. The minimum atomic E-state index is 0. The zero-order valence-electron chi connectivity index (χ0n) is 13.8. The molecule has 4 heteroatoms. The van der Waals surface area contributed by atoms with Crippen LogP contribution in [-0.4, -0.2) is 3.03 Å². The molecule has 0 aliphatic rings. The van der Waals surface area contributed by atoms with Crippen LogP contribution in [0, 0.1) is 36.2 Å². The maximum absolute atomic E-state index is 2.34. The monoisotopic (exact) mass is 590 g/mol. The Morgan fingerprint density at radius 1 is 0.667 bits per heavy atom. The maximum atomic E-state index is 2.34. The standard InChI is InChI=1S/2C9H7.C2H6Si.2ClH.Th/c2*1-2-5-9-7-3-6-8(9)4-1;1-3-2;;;/h2*1-7H;1-2H3;2*1H;/q2*-1;;;;+2/p-2. The topological polar surface area (TPSA) is 0 Å². The van der Waals surface area contributed by atoms with Gasteiger partial charge in [-0.25, -0.2) is 0 Å². The molecule has 0 unspecified atom stereocenters. The summed E-state index contributed by atoms with van der Waals surface area (Å²) in [6.07, 6.45) is 0. The van der Waals surface area contributed by atoms with Crippen LogP contribution in [-0.2, 0) is 0 Å². The number of hydrogen-bond acceptors (Lipinski definition) is 0. The van der Waals surface area contributed by atoms with Crippen molar-refractivity contribution >= 4 is 24.6 Å². The summed E-state index contributed by atoms with van der Waals surface area (Å²) in [5, 5.41) is 5.32. The average molecular weight is 591 g/mol. The minimum Gasteiger partial charge on any atom is -1.00 e. The van der Waals surface area contributed by atoms with E-state index in [1.54, 1.807) is 0 Å². The van der Waals surface area contributed by atoms with E-state index in [2.05, 4.69) is 98.0 Å². The van der Waals surface area contributed by atoms with Crippen LogP contribution in [0.5, 0.6) is 0 Å². The van der Waals surface area contributed by atoms with E-state index in [9.17, 15) is 0 Å². The third kappa shape index (κ3) is 8.24. The van der Waals surface area contributed by atoms with Crippen molar-refractivity contribution in [3.8, 4) is 0 Å². The van der Waals surface area contributed by atoms with Gasteiger partial charge in [-0.05, 0) is 0 Å². The van der Waals surface area contributed by atoms with Crippen LogP contribution in [0.1, 0.15) is 0 Å². The van der Waals surface area contributed by atoms with E-state index in [0.717, 1.165) is 0 Å². The van der Waals surface area contributed by atoms with E-state index in [1.807, 2.05) is 0 Å². The van der Waals surface area contributed by atoms with E-state index >= 15 is 0 Å². The van der Waals surface area contributed by atoms with E-state index in [4.69, 9.17) is 0 Å². The molecule has 0 spiro atoms. The third-order valence-corrected chi connectivity index (χ3v) is 3.10. The van der Waals surface area contributed by atoms with Gasteiger partial charge < -0.3 is 24.8 Å². The molecule has 4 rings (SSSR count). The molecule has 0 bridgehead atoms. The summed E-state index contributed by atoms with van der Waals surface area (Å²) in [6.45, 7) is 4.69. The molecule has 0 nitrogen and oxygen atoms in total. The molecule has 124 valence electrons. The van der Waals surface area contributed by atoms with Gasteiger partial charge in [-0.3, -0.25) is 0 Å². The first-order chi connectivity index (χ1) is 10.7. The van der Waals surface area contributed by atoms with E-state index in [0.29, 0.717) is 0 Å². The average Bonchev–Trinajstić information content (AvgIpc) is 3.16. The van der Waals surface area contributed by atoms with Crippen LogP contribution in [0.15, 0.2) is 84.9 Å². The van der Waals surface area contributed by atoms with Gasteiger partial charge in [0.05, 0.1) is 0 Å². The van der Waals surface area contributed by atoms with Gasteiger partial charge in [0.2, 0.25) is 0 Å². The fourth-order valence-electron chi connectivity index (χ4n) is 2.14. The summed E-state index contributed by atoms with van der Waals surface area (Å²) in [4.78, 5) is 0. The molecule has 0 radical (unpaired) electrons. The Bertz CT molecular complexity index is 718. The van der Waals surface area contributed by atoms with Gasteiger partial charge in [-0.15, -0.1) is 59.3 Å². The van der Waals surface area contributed by atoms with Crippen LogP contribution in [0.3, 0.4) is 0 Å². The summed E-state index contributed by atoms with van der Waals surface area (Å²) in [7, 11) is 0. The van der Waals surface area contributed by atoms with Gasteiger partial charge in [0.1, 0.15) is 0 Å². The first-order valence-corrected chi connectivity index (χ1v) is 16.1. The van der Waals surface area contributed by atoms with Crippen molar-refractivity contribution in [1.82, 2.24) is 0 Å². The Hall–Kier alpha value is -0.218. The second-order valence-corrected chi connectivity index (χ2v) is 19.6. The summed E-state index contributed by atoms with van der Waals surface area (Å²) in [6, 6.07) is 29.3. The summed E-state index contributed by atoms with van der Waals surface area (Å²) >= 11 is 1.28. The quantitative estimate of drug-likeness (QED) is 0.198. The predicted octanol–water partition coefficient (Wildman–Crippen LogP) is -0.0878. The van der Waals surface area contributed by atoms with E-state index < -0.39 is 0 Å². The second-order valence-electron chi connectivity index (χ2n) is 5.31. The number of benzene rings is 2. The molecule has 0 aliphatic heterocycles. The van der Waals surface area contributed by atoms with Crippen molar-refractivity contribution in [2.75, 3.05) is 0 Å². The molecule has 0 amide bonds. The molecule has 4 aromatic carbocycles. The van der Waals surface area contributed by atoms with Gasteiger partial charge in [-0.2, -0.15) is 35.0 Å². The van der Waals surface area contributed by atoms with Gasteiger partial charge in [-0.1, -0.05) is 12.1 Å². The summed E-state index contributed by atoms with van der Waals surface area (Å²) in [5.41, 5.74) is 0. The number of rotatable bonds is 0. The molecule has 0 N–H and O–H groups in total. The maximum Gasteiger partial charge on any atom is -0.0809 e. The largest absolute Gasteiger partial charge is 1.00 e. The Labute approximate surface area is 181 Å². The van der Waals surface area contributed by atoms with Crippen LogP contribution in [0.4, 0.5) is 0 Å². The molecule has 0 aromatic heterocycles. The Morgan fingerprint density at radius 3 is 1.33 bits per heavy atom. The van der Waals surface area contributed by atoms with Crippen LogP contribution in [0.25, 0.3) is 21.5 Å². The molecule has 0 atom stereocenters. The molecular weight excluding hydrogens is 571 g/mol. The fraction of sp³-hybridized carbons (Fsp3) is 0.100. The fourth-order valence-corrected chi connectivity index (χ4v) is 2.14. The van der Waals surface area contributed by atoms with Gasteiger partial charge >= 0.3 is 52.3 Å². The SMILES string of the molecule is C[Si](C)=[Th+2].[Cl-].[Cl-].c1ccc2[cH-]ccc2c1.c1ccc2[cH-]ccc2c1. The van der Waals surface area contributed by atoms with E-state index in [-0.39, 0.29) is 27.8 Å². The van der Waals surface area contributed by atoms with Crippen LogP contribution < -0.4 is 24.8 Å². The molecule has 0 fully saturated rings. The van der Waals surface area contributed by atoms with Gasteiger partial charge in [0, 0.05) is 0 Å². The van der Waals surface area contributed by atoms with Gasteiger partial charge in [0.25, 0.3) is 0 Å². The molecule has 0 aliphatic carbocycles. The van der Waals surface area contributed by atoms with E-state index in [1.165, 1.54) is 57.8 Å². The number of hydrogen-bond donors (Lipinski definition) is 0. The molecule has 0 saturated heterocycles. The summed E-state index contributed by atoms with van der Waals surface area (Å²) < 4.78 is 0.289. The first kappa shape index (κ1) is 23.8. The smallest absolute Gasteiger partial charge is 0.0809 e. The molecule has 24 heavy (non-hydrogen) atoms. The number of fused-ring (bicyclic) bond motifs is 2. The van der Waals surface area contributed by atoms with Crippen molar-refractivity contribution in [1.29, 1.82) is 0 Å². The zero-order chi connectivity index (χ0) is 15.8. The van der Waals surface area contributed by atoms with Gasteiger partial charge in [0.15, 0.2) is 0 Å². The zero-order valence-corrected chi connectivity index (χ0v) is 20.5. The van der Waals surface area contributed by atoms with Crippen molar-refractivity contribution in [2.45, 2.75) is 13.1 Å². The van der Waals surface area contributed by atoms with Crippen LogP contribution in [0.2, 0.25) is 13.1 Å². The Balaban J connectivity index is 0.000000341. The summed E-state index contributed by atoms with van der Waals surface area (Å²) in [5.74, 6) is 0. The molecule has 0 heterocycles. The molecular formula is C20H20Cl2SiTh-2. The van der Waals surface area contributed by atoms with Crippen LogP contribution >= 0.6 is 0 Å². The van der Waals surface area contributed by atoms with Crippen molar-refractivity contribution < 1.29 is 61.0 Å². The Morgan fingerprint density at radius 2 is 1.00 bits per heavy atom. The third-order valence-electron chi connectivity index (χ3n) is 3.10. The first-order valence-electron chi connectivity index (χ1n) is 7.39. The molecule has 0 saturated carbocycles. The van der Waals surface area contributed by atoms with Crippen molar-refractivity contribution in [3.63, 3.8) is 0 Å². The second kappa shape index (κ2) is 13.0. The Kier molecular flexibility index (Phi) is 12.9. The normalized spacial score (nSPS) is 8.83. The number of halogens is 2.